The molecular formula is C16H14F3NO4S. The van der Waals surface area contributed by atoms with Crippen molar-refractivity contribution in [2.75, 3.05) is 17.9 Å². The highest BCUT2D eigenvalue weighted by molar-refractivity contribution is 7.92. The van der Waals surface area contributed by atoms with Gasteiger partial charge in [-0.1, -0.05) is 18.2 Å². The first-order valence-corrected chi connectivity index (χ1v) is 8.77. The quantitative estimate of drug-likeness (QED) is 0.789. The Labute approximate surface area is 142 Å². The zero-order valence-corrected chi connectivity index (χ0v) is 13.6. The third kappa shape index (κ3) is 4.43. The molecule has 9 heteroatoms. The van der Waals surface area contributed by atoms with E-state index >= 15 is 0 Å². The van der Waals surface area contributed by atoms with Gasteiger partial charge in [-0.15, -0.1) is 0 Å². The fourth-order valence-electron chi connectivity index (χ4n) is 2.09. The van der Waals surface area contributed by atoms with E-state index in [4.69, 9.17) is 9.47 Å². The maximum Gasteiger partial charge on any atom is 0.420 e. The van der Waals surface area contributed by atoms with Crippen molar-refractivity contribution in [3.63, 3.8) is 0 Å². The van der Waals surface area contributed by atoms with Crippen molar-refractivity contribution in [3.8, 4) is 5.75 Å². The molecule has 1 aliphatic rings. The van der Waals surface area contributed by atoms with Gasteiger partial charge in [0.15, 0.2) is 0 Å². The molecule has 0 aromatic heterocycles. The highest BCUT2D eigenvalue weighted by Crippen LogP contribution is 2.38. The fraction of sp³-hybridized carbons (Fsp3) is 0.250. The summed E-state index contributed by atoms with van der Waals surface area (Å²) in [5.41, 5.74) is -0.897. The predicted octanol–water partition coefficient (Wildman–Crippen LogP) is 3.28. The van der Waals surface area contributed by atoms with E-state index in [1.54, 1.807) is 18.2 Å². The number of ether oxygens (including phenoxy) is 2. The van der Waals surface area contributed by atoms with Gasteiger partial charge in [0.05, 0.1) is 17.1 Å². The van der Waals surface area contributed by atoms with Crippen molar-refractivity contribution in [1.29, 1.82) is 0 Å². The largest absolute Gasteiger partial charge is 0.490 e. The maximum absolute atomic E-state index is 13.3. The Hall–Kier alpha value is -2.26. The molecule has 0 amide bonds. The van der Waals surface area contributed by atoms with E-state index in [0.717, 1.165) is 12.1 Å². The van der Waals surface area contributed by atoms with Crippen molar-refractivity contribution >= 4 is 15.7 Å². The van der Waals surface area contributed by atoms with Gasteiger partial charge in [-0.25, -0.2) is 8.42 Å². The number of hydrogen-bond acceptors (Lipinski definition) is 4. The number of para-hydroxylation sites is 1. The van der Waals surface area contributed by atoms with Crippen LogP contribution in [0.2, 0.25) is 0 Å². The van der Waals surface area contributed by atoms with Gasteiger partial charge in [0.25, 0.3) is 10.0 Å². The van der Waals surface area contributed by atoms with Gasteiger partial charge in [-0.2, -0.15) is 13.2 Å². The van der Waals surface area contributed by atoms with E-state index in [-0.39, 0.29) is 18.4 Å². The zero-order valence-electron chi connectivity index (χ0n) is 12.8. The molecule has 0 aliphatic carbocycles. The molecule has 3 rings (SSSR count). The van der Waals surface area contributed by atoms with Gasteiger partial charge in [0, 0.05) is 5.69 Å². The van der Waals surface area contributed by atoms with Crippen LogP contribution >= 0.6 is 0 Å². The third-order valence-corrected chi connectivity index (χ3v) is 4.80. The third-order valence-electron chi connectivity index (χ3n) is 3.42. The van der Waals surface area contributed by atoms with Crippen LogP contribution in [-0.4, -0.2) is 27.7 Å². The molecule has 1 heterocycles. The summed E-state index contributed by atoms with van der Waals surface area (Å²) in [6.45, 7) is 0.423. The second-order valence-corrected chi connectivity index (χ2v) is 7.08. The van der Waals surface area contributed by atoms with Crippen LogP contribution in [0.15, 0.2) is 53.4 Å². The van der Waals surface area contributed by atoms with Crippen molar-refractivity contribution in [3.05, 3.63) is 54.1 Å². The number of nitrogens with one attached hydrogen (secondary N) is 1. The van der Waals surface area contributed by atoms with Gasteiger partial charge in [0.1, 0.15) is 18.5 Å². The highest BCUT2D eigenvalue weighted by atomic mass is 32.2. The molecule has 5 nitrogen and oxygen atoms in total. The molecule has 0 saturated carbocycles. The maximum atomic E-state index is 13.3. The molecular weight excluding hydrogens is 359 g/mol. The van der Waals surface area contributed by atoms with E-state index in [2.05, 4.69) is 4.72 Å². The van der Waals surface area contributed by atoms with Crippen molar-refractivity contribution in [2.24, 2.45) is 0 Å². The molecule has 1 aliphatic heterocycles. The molecule has 0 radical (unpaired) electrons. The molecule has 0 bridgehead atoms. The number of alkyl halides is 3. The summed E-state index contributed by atoms with van der Waals surface area (Å²) >= 11 is 0. The lowest BCUT2D eigenvalue weighted by atomic mass is 10.2. The minimum absolute atomic E-state index is 0.0164. The van der Waals surface area contributed by atoms with Crippen LogP contribution in [0.25, 0.3) is 0 Å². The minimum Gasteiger partial charge on any atom is -0.490 e. The van der Waals surface area contributed by atoms with Crippen molar-refractivity contribution in [2.45, 2.75) is 17.2 Å². The molecule has 0 spiro atoms. The second-order valence-electron chi connectivity index (χ2n) is 5.39. The van der Waals surface area contributed by atoms with E-state index in [9.17, 15) is 21.6 Å². The molecule has 134 valence electrons. The summed E-state index contributed by atoms with van der Waals surface area (Å²) in [5, 5.41) is 0. The minimum atomic E-state index is -4.75. The Balaban J connectivity index is 1.90. The number of epoxide rings is 1. The SMILES string of the molecule is O=S(=O)(Nc1ccccc1)c1ccc(OCC2CO2)c(C(F)(F)F)c1. The van der Waals surface area contributed by atoms with Crippen LogP contribution in [-0.2, 0) is 20.9 Å². The van der Waals surface area contributed by atoms with Crippen LogP contribution in [0, 0.1) is 0 Å². The van der Waals surface area contributed by atoms with E-state index < -0.39 is 32.4 Å². The molecule has 1 atom stereocenters. The smallest absolute Gasteiger partial charge is 0.420 e. The average molecular weight is 373 g/mol. The summed E-state index contributed by atoms with van der Waals surface area (Å²) in [6.07, 6.45) is -4.97. The Bertz CT molecular complexity index is 849. The number of benzene rings is 2. The summed E-state index contributed by atoms with van der Waals surface area (Å²) < 4.78 is 76.7. The number of hydrogen-bond donors (Lipinski definition) is 1. The standard InChI is InChI=1S/C16H14F3NO4S/c17-16(18,19)14-8-13(6-7-15(14)24-10-12-9-23-12)25(21,22)20-11-4-2-1-3-5-11/h1-8,12,20H,9-10H2. The normalized spacial score (nSPS) is 17.2. The Morgan fingerprint density at radius 1 is 1.16 bits per heavy atom. The lowest BCUT2D eigenvalue weighted by Crippen LogP contribution is -2.16. The molecule has 25 heavy (non-hydrogen) atoms. The molecule has 2 aromatic carbocycles. The van der Waals surface area contributed by atoms with Crippen molar-refractivity contribution < 1.29 is 31.1 Å². The second kappa shape index (κ2) is 6.57. The van der Waals surface area contributed by atoms with Gasteiger partial charge in [-0.05, 0) is 30.3 Å². The summed E-state index contributed by atoms with van der Waals surface area (Å²) in [6, 6.07) is 10.5. The number of sulfonamides is 1. The molecule has 1 fully saturated rings. The highest BCUT2D eigenvalue weighted by Gasteiger charge is 2.36. The number of rotatable bonds is 6. The van der Waals surface area contributed by atoms with Gasteiger partial charge >= 0.3 is 6.18 Å². The van der Waals surface area contributed by atoms with E-state index in [1.807, 2.05) is 0 Å². The lowest BCUT2D eigenvalue weighted by molar-refractivity contribution is -0.139. The van der Waals surface area contributed by atoms with Crippen LogP contribution < -0.4 is 9.46 Å². The monoisotopic (exact) mass is 373 g/mol. The van der Waals surface area contributed by atoms with Crippen LogP contribution in [0.3, 0.4) is 0 Å². The first-order chi connectivity index (χ1) is 11.8. The summed E-state index contributed by atoms with van der Waals surface area (Å²) in [7, 11) is -4.16. The molecule has 1 unspecified atom stereocenters. The topological polar surface area (TPSA) is 67.9 Å². The average Bonchev–Trinajstić information content (AvgIpc) is 3.36. The Morgan fingerprint density at radius 3 is 2.44 bits per heavy atom. The van der Waals surface area contributed by atoms with Gasteiger partial charge < -0.3 is 9.47 Å². The molecule has 2 aromatic rings. The van der Waals surface area contributed by atoms with Gasteiger partial charge in [-0.3, -0.25) is 4.72 Å². The summed E-state index contributed by atoms with van der Waals surface area (Å²) in [5.74, 6) is -0.429. The van der Waals surface area contributed by atoms with Crippen LogP contribution in [0.5, 0.6) is 5.75 Å². The predicted molar refractivity (Wildman–Crippen MR) is 83.9 cm³/mol. The number of anilines is 1. The molecule has 1 saturated heterocycles. The Kier molecular flexibility index (Phi) is 4.61. The first kappa shape index (κ1) is 17.6. The zero-order chi connectivity index (χ0) is 18.1. The summed E-state index contributed by atoms with van der Waals surface area (Å²) in [4.78, 5) is -0.501. The van der Waals surface area contributed by atoms with E-state index in [1.165, 1.54) is 12.1 Å². The first-order valence-electron chi connectivity index (χ1n) is 7.29. The van der Waals surface area contributed by atoms with Crippen LogP contribution in [0.4, 0.5) is 18.9 Å². The fourth-order valence-corrected chi connectivity index (χ4v) is 3.18. The van der Waals surface area contributed by atoms with Crippen molar-refractivity contribution in [1.82, 2.24) is 0 Å². The number of halogens is 3. The lowest BCUT2D eigenvalue weighted by Gasteiger charge is -2.15. The van der Waals surface area contributed by atoms with E-state index in [0.29, 0.717) is 12.7 Å². The molecule has 1 N–H and O–H groups in total. The van der Waals surface area contributed by atoms with Gasteiger partial charge in [0.2, 0.25) is 0 Å². The Morgan fingerprint density at radius 2 is 1.84 bits per heavy atom. The van der Waals surface area contributed by atoms with Crippen LogP contribution in [0.1, 0.15) is 5.56 Å².